The molecular formula is C19H21N2O3+. The second-order valence-electron chi connectivity index (χ2n) is 6.28. The Labute approximate surface area is 140 Å². The molecule has 1 fully saturated rings. The number of amides is 3. The van der Waals surface area contributed by atoms with Gasteiger partial charge in [-0.25, -0.2) is 9.59 Å². The average molecular weight is 325 g/mol. The molecule has 124 valence electrons. The van der Waals surface area contributed by atoms with Gasteiger partial charge in [0.2, 0.25) is 0 Å². The van der Waals surface area contributed by atoms with Gasteiger partial charge in [-0.3, -0.25) is 0 Å². The fourth-order valence-corrected chi connectivity index (χ4v) is 3.44. The average Bonchev–Trinajstić information content (AvgIpc) is 2.92. The third-order valence-corrected chi connectivity index (χ3v) is 5.02. The SMILES string of the molecule is C[C@@H]1C(O)CC[N+]1(C(N)=O)C(=O)c1ccc(-c2ccccc2)cc1. The molecule has 0 aromatic heterocycles. The lowest BCUT2D eigenvalue weighted by atomic mass is 10.0. The molecule has 3 amide bonds. The van der Waals surface area contributed by atoms with Crippen molar-refractivity contribution in [3.05, 3.63) is 60.2 Å². The highest BCUT2D eigenvalue weighted by atomic mass is 16.3. The zero-order valence-electron chi connectivity index (χ0n) is 13.6. The van der Waals surface area contributed by atoms with Crippen LogP contribution in [0, 0.1) is 0 Å². The maximum Gasteiger partial charge on any atom is 0.422 e. The van der Waals surface area contributed by atoms with Gasteiger partial charge in [-0.15, -0.1) is 0 Å². The van der Waals surface area contributed by atoms with Crippen LogP contribution in [0.1, 0.15) is 23.7 Å². The van der Waals surface area contributed by atoms with Gasteiger partial charge in [0.25, 0.3) is 0 Å². The number of quaternary nitrogens is 1. The molecule has 2 unspecified atom stereocenters. The van der Waals surface area contributed by atoms with Crippen LogP contribution in [0.5, 0.6) is 0 Å². The Bertz CT molecular complexity index is 758. The van der Waals surface area contributed by atoms with E-state index in [0.717, 1.165) is 11.1 Å². The highest BCUT2D eigenvalue weighted by Crippen LogP contribution is 2.30. The molecule has 3 atom stereocenters. The first kappa shape index (κ1) is 16.4. The van der Waals surface area contributed by atoms with Gasteiger partial charge in [-0.1, -0.05) is 42.5 Å². The maximum absolute atomic E-state index is 13.0. The number of urea groups is 1. The second kappa shape index (κ2) is 6.19. The first-order valence-electron chi connectivity index (χ1n) is 8.03. The summed E-state index contributed by atoms with van der Waals surface area (Å²) in [6.45, 7) is 1.93. The number of carbonyl (C=O) groups is 2. The van der Waals surface area contributed by atoms with E-state index in [1.54, 1.807) is 19.1 Å². The molecule has 3 rings (SSSR count). The summed E-state index contributed by atoms with van der Waals surface area (Å²) in [7, 11) is 0. The third-order valence-electron chi connectivity index (χ3n) is 5.02. The molecule has 5 heteroatoms. The van der Waals surface area contributed by atoms with E-state index < -0.39 is 22.7 Å². The van der Waals surface area contributed by atoms with Crippen molar-refractivity contribution in [2.24, 2.45) is 5.73 Å². The fraction of sp³-hybridized carbons (Fsp3) is 0.263. The number of nitrogens with two attached hydrogens (primary N) is 1. The van der Waals surface area contributed by atoms with Crippen molar-refractivity contribution < 1.29 is 19.2 Å². The molecule has 0 radical (unpaired) electrons. The number of aliphatic hydroxyl groups excluding tert-OH is 1. The van der Waals surface area contributed by atoms with Crippen LogP contribution in [0.4, 0.5) is 4.79 Å². The molecule has 5 nitrogen and oxygen atoms in total. The zero-order valence-corrected chi connectivity index (χ0v) is 13.6. The van der Waals surface area contributed by atoms with E-state index in [-0.39, 0.29) is 12.5 Å². The number of imide groups is 1. The minimum Gasteiger partial charge on any atom is -0.387 e. The number of hydrogen-bond donors (Lipinski definition) is 2. The van der Waals surface area contributed by atoms with Crippen molar-refractivity contribution >= 4 is 11.9 Å². The van der Waals surface area contributed by atoms with Crippen LogP contribution < -0.4 is 5.73 Å². The van der Waals surface area contributed by atoms with Gasteiger partial charge in [0.15, 0.2) is 0 Å². The molecule has 1 aliphatic rings. The first-order valence-corrected chi connectivity index (χ1v) is 8.03. The molecule has 2 aromatic rings. The Morgan fingerprint density at radius 1 is 1.04 bits per heavy atom. The van der Waals surface area contributed by atoms with E-state index in [9.17, 15) is 14.7 Å². The second-order valence-corrected chi connectivity index (χ2v) is 6.28. The minimum absolute atomic E-state index is 0.233. The highest BCUT2D eigenvalue weighted by molar-refractivity contribution is 5.96. The lowest BCUT2D eigenvalue weighted by Gasteiger charge is -2.31. The molecule has 2 aromatic carbocycles. The summed E-state index contributed by atoms with van der Waals surface area (Å²) >= 11 is 0. The molecule has 1 saturated heterocycles. The Balaban J connectivity index is 1.94. The minimum atomic E-state index is -0.712. The number of nitrogens with zero attached hydrogens (tertiary/aromatic N) is 1. The predicted octanol–water partition coefficient (Wildman–Crippen LogP) is 2.54. The van der Waals surface area contributed by atoms with Crippen LogP contribution in [0.15, 0.2) is 54.6 Å². The van der Waals surface area contributed by atoms with Crippen molar-refractivity contribution in [2.45, 2.75) is 25.5 Å². The third kappa shape index (κ3) is 2.52. The Kier molecular flexibility index (Phi) is 4.22. The Hall–Kier alpha value is -2.50. The monoisotopic (exact) mass is 325 g/mol. The molecule has 3 N–H and O–H groups in total. The summed E-state index contributed by atoms with van der Waals surface area (Å²) in [4.78, 5) is 25.0. The largest absolute Gasteiger partial charge is 0.422 e. The molecular weight excluding hydrogens is 304 g/mol. The smallest absolute Gasteiger partial charge is 0.387 e. The summed E-state index contributed by atoms with van der Waals surface area (Å²) in [5.74, 6) is -0.355. The van der Waals surface area contributed by atoms with E-state index in [2.05, 4.69) is 0 Å². The van der Waals surface area contributed by atoms with Gasteiger partial charge in [-0.2, -0.15) is 4.48 Å². The molecule has 1 heterocycles. The molecule has 0 bridgehead atoms. The standard InChI is InChI=1S/C19H20N2O3/c1-13-17(22)11-12-21(13,19(20)24)18(23)16-9-7-15(8-10-16)14-5-3-2-4-6-14/h2-10,13,17,22H,11-12H2,1H3,(H-,20,24)/p+1/t13-,17?,21?/m1/s1. The van der Waals surface area contributed by atoms with Crippen LogP contribution >= 0.6 is 0 Å². The van der Waals surface area contributed by atoms with Crippen LogP contribution in [0.2, 0.25) is 0 Å². The van der Waals surface area contributed by atoms with E-state index in [1.165, 1.54) is 0 Å². The van der Waals surface area contributed by atoms with Gasteiger partial charge in [0, 0.05) is 6.42 Å². The Morgan fingerprint density at radius 3 is 2.12 bits per heavy atom. The van der Waals surface area contributed by atoms with Crippen LogP contribution in [0.25, 0.3) is 11.1 Å². The van der Waals surface area contributed by atoms with Crippen LogP contribution in [-0.2, 0) is 0 Å². The van der Waals surface area contributed by atoms with Gasteiger partial charge < -0.3 is 10.8 Å². The summed E-state index contributed by atoms with van der Waals surface area (Å²) < 4.78 is -0.522. The lowest BCUT2D eigenvalue weighted by molar-refractivity contribution is -0.779. The molecule has 0 aliphatic carbocycles. The predicted molar refractivity (Wildman–Crippen MR) is 91.0 cm³/mol. The van der Waals surface area contributed by atoms with Crippen molar-refractivity contribution in [3.63, 3.8) is 0 Å². The summed E-state index contributed by atoms with van der Waals surface area (Å²) in [5.41, 5.74) is 8.02. The Morgan fingerprint density at radius 2 is 1.62 bits per heavy atom. The first-order chi connectivity index (χ1) is 11.5. The molecule has 1 aliphatic heterocycles. The van der Waals surface area contributed by atoms with Crippen molar-refractivity contribution in [2.75, 3.05) is 6.54 Å². The van der Waals surface area contributed by atoms with Crippen LogP contribution in [-0.4, -0.2) is 40.2 Å². The normalized spacial score (nSPS) is 26.2. The quantitative estimate of drug-likeness (QED) is 0.833. The molecule has 24 heavy (non-hydrogen) atoms. The van der Waals surface area contributed by atoms with Crippen molar-refractivity contribution in [1.82, 2.24) is 0 Å². The summed E-state index contributed by atoms with van der Waals surface area (Å²) in [6, 6.07) is 15.7. The molecule has 0 spiro atoms. The lowest BCUT2D eigenvalue weighted by Crippen LogP contribution is -2.62. The number of aliphatic hydroxyl groups is 1. The number of benzene rings is 2. The summed E-state index contributed by atoms with van der Waals surface area (Å²) in [6.07, 6.45) is -0.317. The van der Waals surface area contributed by atoms with Crippen LogP contribution in [0.3, 0.4) is 0 Å². The number of likely N-dealkylation sites (tertiary alicyclic amines) is 1. The highest BCUT2D eigenvalue weighted by Gasteiger charge is 2.55. The zero-order chi connectivity index (χ0) is 17.3. The number of primary amides is 1. The van der Waals surface area contributed by atoms with Crippen molar-refractivity contribution in [3.8, 4) is 11.1 Å². The molecule has 0 saturated carbocycles. The van der Waals surface area contributed by atoms with Gasteiger partial charge in [0.05, 0.1) is 12.1 Å². The summed E-state index contributed by atoms with van der Waals surface area (Å²) in [5, 5.41) is 10.00. The van der Waals surface area contributed by atoms with Gasteiger partial charge in [-0.05, 0) is 30.2 Å². The maximum atomic E-state index is 13.0. The van der Waals surface area contributed by atoms with Gasteiger partial charge >= 0.3 is 11.9 Å². The van der Waals surface area contributed by atoms with E-state index in [1.807, 2.05) is 42.5 Å². The van der Waals surface area contributed by atoms with E-state index in [0.29, 0.717) is 12.0 Å². The topological polar surface area (TPSA) is 80.4 Å². The fourth-order valence-electron chi connectivity index (χ4n) is 3.44. The van der Waals surface area contributed by atoms with E-state index >= 15 is 0 Å². The number of carbonyl (C=O) groups excluding carboxylic acids is 2. The number of hydrogen-bond acceptors (Lipinski definition) is 3. The number of rotatable bonds is 2. The van der Waals surface area contributed by atoms with Gasteiger partial charge in [0.1, 0.15) is 12.1 Å². The van der Waals surface area contributed by atoms with E-state index in [4.69, 9.17) is 5.73 Å². The van der Waals surface area contributed by atoms with Crippen molar-refractivity contribution in [1.29, 1.82) is 0 Å².